The van der Waals surface area contributed by atoms with Crippen LogP contribution in [0.2, 0.25) is 0 Å². The number of hydrogen-bond donors (Lipinski definition) is 1. The fraction of sp³-hybridized carbons (Fsp3) is 0.375. The molecule has 1 aromatic carbocycles. The molecule has 1 aliphatic rings. The molecule has 1 aromatic rings. The molecule has 0 radical (unpaired) electrons. The lowest BCUT2D eigenvalue weighted by Gasteiger charge is -2.23. The third-order valence-corrected chi connectivity index (χ3v) is 3.16. The van der Waals surface area contributed by atoms with Gasteiger partial charge in [-0.25, -0.2) is 0 Å². The second kappa shape index (κ2) is 4.89. The molecule has 0 bridgehead atoms. The van der Waals surface area contributed by atoms with Gasteiger partial charge in [-0.05, 0) is 45.7 Å². The molecule has 1 unspecified atom stereocenters. The van der Waals surface area contributed by atoms with Crippen molar-refractivity contribution in [1.29, 1.82) is 0 Å². The van der Waals surface area contributed by atoms with Crippen molar-refractivity contribution in [3.63, 3.8) is 0 Å². The van der Waals surface area contributed by atoms with E-state index in [2.05, 4.69) is 64.2 Å². The molecule has 1 N–H and O–H groups in total. The Labute approximate surface area is 109 Å². The lowest BCUT2D eigenvalue weighted by atomic mass is 10.1. The summed E-state index contributed by atoms with van der Waals surface area (Å²) in [4.78, 5) is 0. The molecule has 1 atom stereocenters. The van der Waals surface area contributed by atoms with Crippen LogP contribution in [0.4, 0.5) is 0 Å². The van der Waals surface area contributed by atoms with Gasteiger partial charge in [-0.1, -0.05) is 29.8 Å². The van der Waals surface area contributed by atoms with Crippen LogP contribution >= 0.6 is 0 Å². The quantitative estimate of drug-likeness (QED) is 0.853. The van der Waals surface area contributed by atoms with Gasteiger partial charge in [-0.15, -0.1) is 0 Å². The van der Waals surface area contributed by atoms with Crippen molar-refractivity contribution < 1.29 is 4.74 Å². The SMILES string of the molecule is CC1=C(Oc2c(C)cc(C)cc2C)NC(C)C=C1. The van der Waals surface area contributed by atoms with Crippen molar-refractivity contribution in [2.75, 3.05) is 0 Å². The van der Waals surface area contributed by atoms with Gasteiger partial charge in [0.15, 0.2) is 5.88 Å². The van der Waals surface area contributed by atoms with Crippen molar-refractivity contribution >= 4 is 0 Å². The van der Waals surface area contributed by atoms with Gasteiger partial charge in [0.25, 0.3) is 0 Å². The molecule has 1 heterocycles. The van der Waals surface area contributed by atoms with Crippen LogP contribution in [0.25, 0.3) is 0 Å². The van der Waals surface area contributed by atoms with Gasteiger partial charge in [-0.2, -0.15) is 0 Å². The normalized spacial score (nSPS) is 18.8. The second-order valence-corrected chi connectivity index (χ2v) is 5.13. The van der Waals surface area contributed by atoms with E-state index in [1.807, 2.05) is 0 Å². The molecule has 1 aliphatic heterocycles. The largest absolute Gasteiger partial charge is 0.441 e. The molecule has 2 nitrogen and oxygen atoms in total. The van der Waals surface area contributed by atoms with E-state index in [9.17, 15) is 0 Å². The first-order valence-electron chi connectivity index (χ1n) is 6.38. The van der Waals surface area contributed by atoms with Gasteiger partial charge in [0, 0.05) is 11.6 Å². The lowest BCUT2D eigenvalue weighted by Crippen LogP contribution is -2.30. The molecule has 0 fully saturated rings. The van der Waals surface area contributed by atoms with Gasteiger partial charge in [0.05, 0.1) is 0 Å². The van der Waals surface area contributed by atoms with Crippen LogP contribution in [-0.4, -0.2) is 6.04 Å². The Morgan fingerprint density at radius 3 is 2.28 bits per heavy atom. The summed E-state index contributed by atoms with van der Waals surface area (Å²) in [6.45, 7) is 10.5. The van der Waals surface area contributed by atoms with Gasteiger partial charge in [0.2, 0.25) is 0 Å². The highest BCUT2D eigenvalue weighted by Crippen LogP contribution is 2.27. The number of ether oxygens (including phenoxy) is 1. The zero-order chi connectivity index (χ0) is 13.3. The summed E-state index contributed by atoms with van der Waals surface area (Å²) in [6.07, 6.45) is 4.24. The zero-order valence-corrected chi connectivity index (χ0v) is 11.8. The molecule has 0 aliphatic carbocycles. The number of rotatable bonds is 2. The maximum Gasteiger partial charge on any atom is 0.196 e. The van der Waals surface area contributed by atoms with E-state index in [4.69, 9.17) is 4.74 Å². The number of allylic oxidation sites excluding steroid dienone is 2. The molecule has 0 aromatic heterocycles. The summed E-state index contributed by atoms with van der Waals surface area (Å²) in [7, 11) is 0. The maximum absolute atomic E-state index is 6.07. The predicted octanol–water partition coefficient (Wildman–Crippen LogP) is 3.77. The number of benzene rings is 1. The first-order valence-corrected chi connectivity index (χ1v) is 6.38. The smallest absolute Gasteiger partial charge is 0.196 e. The molecule has 0 spiro atoms. The fourth-order valence-electron chi connectivity index (χ4n) is 2.27. The first kappa shape index (κ1) is 12.7. The van der Waals surface area contributed by atoms with Crippen molar-refractivity contribution in [1.82, 2.24) is 5.32 Å². The number of aryl methyl sites for hydroxylation is 3. The van der Waals surface area contributed by atoms with Crippen molar-refractivity contribution in [2.45, 2.75) is 40.7 Å². The average Bonchev–Trinajstić information content (AvgIpc) is 2.28. The van der Waals surface area contributed by atoms with E-state index in [0.717, 1.165) is 17.2 Å². The van der Waals surface area contributed by atoms with E-state index in [0.29, 0.717) is 6.04 Å². The molecular weight excluding hydrogens is 222 g/mol. The number of dihydropyridines is 1. The van der Waals surface area contributed by atoms with Crippen molar-refractivity contribution in [3.05, 3.63) is 52.4 Å². The number of nitrogens with one attached hydrogen (secondary N) is 1. The number of hydrogen-bond acceptors (Lipinski definition) is 2. The lowest BCUT2D eigenvalue weighted by molar-refractivity contribution is 0.359. The summed E-state index contributed by atoms with van der Waals surface area (Å²) in [6, 6.07) is 4.62. The topological polar surface area (TPSA) is 21.3 Å². The Morgan fingerprint density at radius 1 is 1.06 bits per heavy atom. The van der Waals surface area contributed by atoms with Crippen LogP contribution in [0.15, 0.2) is 35.7 Å². The molecule has 0 saturated heterocycles. The third-order valence-electron chi connectivity index (χ3n) is 3.16. The molecular formula is C16H21NO. The minimum Gasteiger partial charge on any atom is -0.441 e. The van der Waals surface area contributed by atoms with Gasteiger partial charge >= 0.3 is 0 Å². The standard InChI is InChI=1S/C16H21NO/c1-10-8-12(3)15(13(4)9-10)18-16-11(2)6-7-14(5)17-16/h6-9,14,17H,1-5H3. The molecule has 96 valence electrons. The van der Waals surface area contributed by atoms with Crippen LogP contribution in [0.1, 0.15) is 30.5 Å². The minimum absolute atomic E-state index is 0.315. The van der Waals surface area contributed by atoms with Crippen LogP contribution in [0, 0.1) is 20.8 Å². The maximum atomic E-state index is 6.07. The van der Waals surface area contributed by atoms with E-state index >= 15 is 0 Å². The Bertz CT molecular complexity index is 503. The highest BCUT2D eigenvalue weighted by atomic mass is 16.5. The monoisotopic (exact) mass is 243 g/mol. The van der Waals surface area contributed by atoms with Gasteiger partial charge in [0.1, 0.15) is 5.75 Å². The van der Waals surface area contributed by atoms with Crippen molar-refractivity contribution in [2.24, 2.45) is 0 Å². The zero-order valence-electron chi connectivity index (χ0n) is 11.8. The van der Waals surface area contributed by atoms with Crippen LogP contribution in [-0.2, 0) is 0 Å². The van der Waals surface area contributed by atoms with Gasteiger partial charge in [-0.3, -0.25) is 0 Å². The fourth-order valence-corrected chi connectivity index (χ4v) is 2.27. The van der Waals surface area contributed by atoms with Gasteiger partial charge < -0.3 is 10.1 Å². The third kappa shape index (κ3) is 2.58. The Hall–Kier alpha value is -1.70. The summed E-state index contributed by atoms with van der Waals surface area (Å²) in [5, 5.41) is 3.35. The van der Waals surface area contributed by atoms with E-state index in [1.54, 1.807) is 0 Å². The molecule has 18 heavy (non-hydrogen) atoms. The predicted molar refractivity (Wildman–Crippen MR) is 75.7 cm³/mol. The molecule has 0 saturated carbocycles. The highest BCUT2D eigenvalue weighted by molar-refractivity contribution is 5.44. The van der Waals surface area contributed by atoms with E-state index in [-0.39, 0.29) is 0 Å². The average molecular weight is 243 g/mol. The van der Waals surface area contributed by atoms with Crippen molar-refractivity contribution in [3.8, 4) is 5.75 Å². The molecule has 2 heteroatoms. The van der Waals surface area contributed by atoms with Crippen LogP contribution in [0.3, 0.4) is 0 Å². The van der Waals surface area contributed by atoms with Crippen LogP contribution < -0.4 is 10.1 Å². The van der Waals surface area contributed by atoms with Crippen LogP contribution in [0.5, 0.6) is 5.75 Å². The summed E-state index contributed by atoms with van der Waals surface area (Å²) in [5.41, 5.74) is 4.76. The molecule has 2 rings (SSSR count). The first-order chi connectivity index (χ1) is 8.47. The minimum atomic E-state index is 0.315. The Kier molecular flexibility index (Phi) is 3.46. The summed E-state index contributed by atoms with van der Waals surface area (Å²) < 4.78 is 6.07. The Balaban J connectivity index is 2.32. The summed E-state index contributed by atoms with van der Waals surface area (Å²) in [5.74, 6) is 1.82. The Morgan fingerprint density at radius 2 is 1.67 bits per heavy atom. The van der Waals surface area contributed by atoms with E-state index in [1.165, 1.54) is 16.7 Å². The summed E-state index contributed by atoms with van der Waals surface area (Å²) >= 11 is 0. The molecule has 0 amide bonds. The van der Waals surface area contributed by atoms with E-state index < -0.39 is 0 Å². The highest BCUT2D eigenvalue weighted by Gasteiger charge is 2.14. The second-order valence-electron chi connectivity index (χ2n) is 5.13.